The third-order valence-corrected chi connectivity index (χ3v) is 5.86. The van der Waals surface area contributed by atoms with E-state index >= 15 is 0 Å². The molecule has 0 aliphatic rings. The fourth-order valence-corrected chi connectivity index (χ4v) is 4.24. The maximum Gasteiger partial charge on any atom is 0.267 e. The second-order valence-electron chi connectivity index (χ2n) is 5.42. The van der Waals surface area contributed by atoms with Crippen molar-refractivity contribution in [1.29, 1.82) is 0 Å². The number of carbonyl (C=O) groups is 1. The third kappa shape index (κ3) is 3.24. The van der Waals surface area contributed by atoms with Gasteiger partial charge < -0.3 is 5.32 Å². The molecule has 0 radical (unpaired) electrons. The van der Waals surface area contributed by atoms with Gasteiger partial charge in [0.25, 0.3) is 5.91 Å². The van der Waals surface area contributed by atoms with Gasteiger partial charge in [0.15, 0.2) is 0 Å². The summed E-state index contributed by atoms with van der Waals surface area (Å²) in [7, 11) is 0. The minimum absolute atomic E-state index is 0.139. The number of aromatic nitrogens is 3. The molecule has 0 unspecified atom stereocenters. The summed E-state index contributed by atoms with van der Waals surface area (Å²) in [6.07, 6.45) is 1.70. The zero-order valence-electron chi connectivity index (χ0n) is 13.3. The number of hydrogen-bond acceptors (Lipinski definition) is 5. The van der Waals surface area contributed by atoms with Gasteiger partial charge in [-0.05, 0) is 36.6 Å². The number of thiophene rings is 1. The molecule has 0 bridgehead atoms. The van der Waals surface area contributed by atoms with Gasteiger partial charge in [-0.15, -0.1) is 22.7 Å². The predicted molar refractivity (Wildman–Crippen MR) is 102 cm³/mol. The van der Waals surface area contributed by atoms with Gasteiger partial charge in [-0.25, -0.2) is 4.98 Å². The molecular weight excluding hydrogens is 352 g/mol. The van der Waals surface area contributed by atoms with Crippen LogP contribution in [-0.2, 0) is 0 Å². The van der Waals surface area contributed by atoms with E-state index in [9.17, 15) is 4.79 Å². The first-order valence-electron chi connectivity index (χ1n) is 7.63. The number of thiazole rings is 1. The number of carbonyl (C=O) groups excluding carboxylic acids is 1. The van der Waals surface area contributed by atoms with Crippen LogP contribution in [0.3, 0.4) is 0 Å². The topological polar surface area (TPSA) is 70.7 Å². The normalized spacial score (nSPS) is 10.8. The highest BCUT2D eigenvalue weighted by Crippen LogP contribution is 2.31. The van der Waals surface area contributed by atoms with E-state index in [4.69, 9.17) is 0 Å². The van der Waals surface area contributed by atoms with Crippen LogP contribution in [0.25, 0.3) is 21.1 Å². The van der Waals surface area contributed by atoms with Crippen LogP contribution in [-0.4, -0.2) is 21.1 Å². The number of benzene rings is 1. The molecule has 124 valence electrons. The summed E-state index contributed by atoms with van der Waals surface area (Å²) in [4.78, 5) is 18.9. The fourth-order valence-electron chi connectivity index (χ4n) is 2.48. The highest BCUT2D eigenvalue weighted by Gasteiger charge is 2.17. The number of anilines is 1. The fraction of sp³-hybridized carbons (Fsp3) is 0.0556. The number of aromatic amines is 1. The van der Waals surface area contributed by atoms with E-state index in [-0.39, 0.29) is 5.91 Å². The molecule has 1 aromatic carbocycles. The highest BCUT2D eigenvalue weighted by atomic mass is 32.1. The summed E-state index contributed by atoms with van der Waals surface area (Å²) in [6.45, 7) is 1.86. The first-order valence-corrected chi connectivity index (χ1v) is 9.33. The Morgan fingerprint density at radius 1 is 1.20 bits per heavy atom. The van der Waals surface area contributed by atoms with Crippen molar-refractivity contribution in [3.63, 3.8) is 0 Å². The van der Waals surface area contributed by atoms with Crippen LogP contribution in [0.4, 0.5) is 5.69 Å². The van der Waals surface area contributed by atoms with Crippen molar-refractivity contribution >= 4 is 34.3 Å². The lowest BCUT2D eigenvalue weighted by Gasteiger charge is -2.06. The average Bonchev–Trinajstić information content (AvgIpc) is 3.36. The largest absolute Gasteiger partial charge is 0.321 e. The number of H-pyrrole nitrogens is 1. The lowest BCUT2D eigenvalue weighted by Crippen LogP contribution is -2.11. The van der Waals surface area contributed by atoms with E-state index in [1.165, 1.54) is 11.3 Å². The summed E-state index contributed by atoms with van der Waals surface area (Å²) in [5, 5.41) is 12.7. The summed E-state index contributed by atoms with van der Waals surface area (Å²) in [6, 6.07) is 13.5. The summed E-state index contributed by atoms with van der Waals surface area (Å²) < 4.78 is 0. The van der Waals surface area contributed by atoms with Gasteiger partial charge in [0.05, 0.1) is 16.3 Å². The lowest BCUT2D eigenvalue weighted by atomic mass is 10.1. The van der Waals surface area contributed by atoms with Crippen molar-refractivity contribution in [2.45, 2.75) is 6.92 Å². The maximum absolute atomic E-state index is 12.7. The van der Waals surface area contributed by atoms with Crippen LogP contribution in [0, 0.1) is 6.92 Å². The number of aryl methyl sites for hydroxylation is 1. The number of hydrogen-bond donors (Lipinski definition) is 2. The Morgan fingerprint density at radius 2 is 2.12 bits per heavy atom. The minimum Gasteiger partial charge on any atom is -0.321 e. The molecule has 3 heterocycles. The van der Waals surface area contributed by atoms with Gasteiger partial charge in [0.1, 0.15) is 9.88 Å². The number of nitrogens with zero attached hydrogens (tertiary/aromatic N) is 2. The predicted octanol–water partition coefficient (Wildman–Crippen LogP) is 4.82. The smallest absolute Gasteiger partial charge is 0.267 e. The second-order valence-corrected chi connectivity index (χ2v) is 7.36. The van der Waals surface area contributed by atoms with Crippen LogP contribution < -0.4 is 5.32 Å². The highest BCUT2D eigenvalue weighted by molar-refractivity contribution is 7.22. The van der Waals surface area contributed by atoms with Crippen LogP contribution in [0.15, 0.2) is 54.0 Å². The van der Waals surface area contributed by atoms with E-state index in [0.29, 0.717) is 4.88 Å². The van der Waals surface area contributed by atoms with Crippen LogP contribution in [0.2, 0.25) is 0 Å². The van der Waals surface area contributed by atoms with Gasteiger partial charge in [-0.2, -0.15) is 5.10 Å². The maximum atomic E-state index is 12.7. The second kappa shape index (κ2) is 6.62. The van der Waals surface area contributed by atoms with Crippen molar-refractivity contribution in [3.8, 4) is 21.1 Å². The van der Waals surface area contributed by atoms with Crippen LogP contribution in [0.1, 0.15) is 15.4 Å². The molecule has 0 aliphatic heterocycles. The van der Waals surface area contributed by atoms with E-state index < -0.39 is 0 Å². The molecule has 2 N–H and O–H groups in total. The number of amides is 1. The van der Waals surface area contributed by atoms with Gasteiger partial charge in [-0.1, -0.05) is 18.2 Å². The molecule has 1 amide bonds. The van der Waals surface area contributed by atoms with E-state index in [1.807, 2.05) is 54.8 Å². The molecule has 4 rings (SSSR count). The van der Waals surface area contributed by atoms with Crippen LogP contribution in [0.5, 0.6) is 0 Å². The standard InChI is InChI=1S/C18H14N4OS2/c1-11-16(25-18(20-11)15-6-3-9-24-15)17(23)21-13-5-2-4-12(10-13)14-7-8-19-22-14/h2-10H,1H3,(H,19,22)(H,21,23). The molecule has 0 saturated heterocycles. The molecular formula is C18H14N4OS2. The molecule has 25 heavy (non-hydrogen) atoms. The number of rotatable bonds is 4. The molecule has 0 fully saturated rings. The van der Waals surface area contributed by atoms with Crippen molar-refractivity contribution < 1.29 is 4.79 Å². The Labute approximate surface area is 152 Å². The van der Waals surface area contributed by atoms with Gasteiger partial charge >= 0.3 is 0 Å². The van der Waals surface area contributed by atoms with E-state index in [2.05, 4.69) is 20.5 Å². The molecule has 5 nitrogen and oxygen atoms in total. The molecule has 3 aromatic heterocycles. The summed E-state index contributed by atoms with van der Waals surface area (Å²) in [5.41, 5.74) is 3.36. The van der Waals surface area contributed by atoms with Crippen molar-refractivity contribution in [3.05, 3.63) is 64.6 Å². The van der Waals surface area contributed by atoms with Gasteiger partial charge in [0, 0.05) is 17.4 Å². The first kappa shape index (κ1) is 15.7. The van der Waals surface area contributed by atoms with Crippen molar-refractivity contribution in [1.82, 2.24) is 15.2 Å². The minimum atomic E-state index is -0.139. The number of nitrogens with one attached hydrogen (secondary N) is 2. The Balaban J connectivity index is 1.58. The molecule has 0 aliphatic carbocycles. The van der Waals surface area contributed by atoms with E-state index in [0.717, 1.165) is 32.5 Å². The Bertz CT molecular complexity index is 1000. The average molecular weight is 366 g/mol. The first-order chi connectivity index (χ1) is 12.2. The zero-order chi connectivity index (χ0) is 17.2. The monoisotopic (exact) mass is 366 g/mol. The molecule has 0 atom stereocenters. The van der Waals surface area contributed by atoms with Crippen molar-refractivity contribution in [2.75, 3.05) is 5.32 Å². The van der Waals surface area contributed by atoms with Crippen molar-refractivity contribution in [2.24, 2.45) is 0 Å². The summed E-state index contributed by atoms with van der Waals surface area (Å²) >= 11 is 3.04. The molecule has 4 aromatic rings. The molecule has 7 heteroatoms. The summed E-state index contributed by atoms with van der Waals surface area (Å²) in [5.74, 6) is -0.139. The van der Waals surface area contributed by atoms with E-state index in [1.54, 1.807) is 17.5 Å². The quantitative estimate of drug-likeness (QED) is 0.544. The van der Waals surface area contributed by atoms with Crippen LogP contribution >= 0.6 is 22.7 Å². The lowest BCUT2D eigenvalue weighted by molar-refractivity contribution is 0.103. The Kier molecular flexibility index (Phi) is 4.17. The SMILES string of the molecule is Cc1nc(-c2cccs2)sc1C(=O)Nc1cccc(-c2ccn[nH]2)c1. The Hall–Kier alpha value is -2.77. The van der Waals surface area contributed by atoms with Gasteiger partial charge in [0.2, 0.25) is 0 Å². The Morgan fingerprint density at radius 3 is 2.88 bits per heavy atom. The third-order valence-electron chi connectivity index (χ3n) is 3.67. The van der Waals surface area contributed by atoms with Gasteiger partial charge in [-0.3, -0.25) is 9.89 Å². The zero-order valence-corrected chi connectivity index (χ0v) is 14.9. The molecule has 0 saturated carbocycles. The molecule has 0 spiro atoms.